The summed E-state index contributed by atoms with van der Waals surface area (Å²) in [5.41, 5.74) is 1.08. The molecular weight excluding hydrogens is 362 g/mol. The molecule has 1 aromatic carbocycles. The lowest BCUT2D eigenvalue weighted by molar-refractivity contribution is -0.132. The maximum atomic E-state index is 13.0. The lowest BCUT2D eigenvalue weighted by Gasteiger charge is -2.41. The van der Waals surface area contributed by atoms with Crippen LogP contribution in [0.1, 0.15) is 69.8 Å². The third-order valence-electron chi connectivity index (χ3n) is 5.48. The lowest BCUT2D eigenvalue weighted by atomic mass is 9.88. The normalized spacial score (nSPS) is 20.4. The van der Waals surface area contributed by atoms with Crippen molar-refractivity contribution in [1.29, 1.82) is 0 Å². The molecule has 2 saturated carbocycles. The van der Waals surface area contributed by atoms with Crippen LogP contribution in [0.15, 0.2) is 34.8 Å². The molecule has 0 aliphatic heterocycles. The molecule has 3 rings (SSSR count). The average Bonchev–Trinajstić information content (AvgIpc) is 2.63. The molecule has 2 fully saturated rings. The highest BCUT2D eigenvalue weighted by molar-refractivity contribution is 9.10. The van der Waals surface area contributed by atoms with Crippen LogP contribution >= 0.6 is 15.9 Å². The molecule has 130 valence electrons. The molecule has 2 aliphatic carbocycles. The maximum absolute atomic E-state index is 13.0. The number of hydrogen-bond donors (Lipinski definition) is 0. The number of amides is 1. The first-order chi connectivity index (χ1) is 11.7. The summed E-state index contributed by atoms with van der Waals surface area (Å²) < 4.78 is 1.07. The molecule has 3 heteroatoms. The third-order valence-corrected chi connectivity index (χ3v) is 6.01. The second kappa shape index (κ2) is 8.84. The van der Waals surface area contributed by atoms with Gasteiger partial charge in [0.05, 0.1) is 0 Å². The van der Waals surface area contributed by atoms with E-state index in [9.17, 15) is 4.79 Å². The van der Waals surface area contributed by atoms with Crippen molar-refractivity contribution in [3.05, 3.63) is 40.4 Å². The van der Waals surface area contributed by atoms with E-state index in [0.29, 0.717) is 12.1 Å². The summed E-state index contributed by atoms with van der Waals surface area (Å²) in [6.45, 7) is 0. The molecule has 0 radical (unpaired) electrons. The Morgan fingerprint density at radius 3 is 1.88 bits per heavy atom. The van der Waals surface area contributed by atoms with E-state index in [0.717, 1.165) is 10.0 Å². The van der Waals surface area contributed by atoms with E-state index < -0.39 is 0 Å². The van der Waals surface area contributed by atoms with Crippen LogP contribution < -0.4 is 0 Å². The minimum absolute atomic E-state index is 0.219. The summed E-state index contributed by atoms with van der Waals surface area (Å²) >= 11 is 3.45. The van der Waals surface area contributed by atoms with E-state index in [-0.39, 0.29) is 5.91 Å². The number of halogens is 1. The molecular formula is C21H28BrNO. The molecule has 0 saturated heterocycles. The van der Waals surface area contributed by atoms with Crippen molar-refractivity contribution in [2.45, 2.75) is 76.3 Å². The minimum atomic E-state index is 0.219. The van der Waals surface area contributed by atoms with Gasteiger partial charge in [0.25, 0.3) is 0 Å². The largest absolute Gasteiger partial charge is 0.333 e. The predicted octanol–water partition coefficient (Wildman–Crippen LogP) is 5.96. The van der Waals surface area contributed by atoms with Crippen LogP contribution in [0, 0.1) is 0 Å². The van der Waals surface area contributed by atoms with Gasteiger partial charge in [-0.15, -0.1) is 0 Å². The fourth-order valence-corrected chi connectivity index (χ4v) is 4.47. The van der Waals surface area contributed by atoms with Gasteiger partial charge in [0.15, 0.2) is 0 Å². The van der Waals surface area contributed by atoms with Crippen LogP contribution in [0.2, 0.25) is 0 Å². The molecule has 0 atom stereocenters. The number of carbonyl (C=O) groups is 1. The molecule has 0 spiro atoms. The first-order valence-corrected chi connectivity index (χ1v) is 10.3. The van der Waals surface area contributed by atoms with Crippen LogP contribution in [-0.2, 0) is 4.79 Å². The van der Waals surface area contributed by atoms with Gasteiger partial charge in [-0.3, -0.25) is 4.79 Å². The Hall–Kier alpha value is -1.09. The highest BCUT2D eigenvalue weighted by atomic mass is 79.9. The Balaban J connectivity index is 1.72. The van der Waals surface area contributed by atoms with E-state index in [4.69, 9.17) is 0 Å². The maximum Gasteiger partial charge on any atom is 0.247 e. The third kappa shape index (κ3) is 4.72. The van der Waals surface area contributed by atoms with Crippen LogP contribution in [0.3, 0.4) is 0 Å². The molecule has 0 heterocycles. The molecule has 24 heavy (non-hydrogen) atoms. The smallest absolute Gasteiger partial charge is 0.247 e. The zero-order chi connectivity index (χ0) is 16.8. The molecule has 0 N–H and O–H groups in total. The Labute approximate surface area is 154 Å². The first kappa shape index (κ1) is 17.7. The van der Waals surface area contributed by atoms with Crippen molar-refractivity contribution in [3.8, 4) is 0 Å². The van der Waals surface area contributed by atoms with Crippen LogP contribution in [0.4, 0.5) is 0 Å². The zero-order valence-corrected chi connectivity index (χ0v) is 16.0. The SMILES string of the molecule is O=C(/C=C/c1ccc(Br)cc1)N(C1CCCCC1)C1CCCCC1. The predicted molar refractivity (Wildman–Crippen MR) is 104 cm³/mol. The summed E-state index contributed by atoms with van der Waals surface area (Å²) in [4.78, 5) is 15.3. The van der Waals surface area contributed by atoms with Crippen molar-refractivity contribution in [2.24, 2.45) is 0 Å². The van der Waals surface area contributed by atoms with E-state index in [1.165, 1.54) is 64.2 Å². The Kier molecular flexibility index (Phi) is 6.53. The molecule has 2 nitrogen and oxygen atoms in total. The first-order valence-electron chi connectivity index (χ1n) is 9.50. The summed E-state index contributed by atoms with van der Waals surface area (Å²) in [6, 6.07) is 9.04. The van der Waals surface area contributed by atoms with Crippen molar-refractivity contribution < 1.29 is 4.79 Å². The molecule has 0 bridgehead atoms. The van der Waals surface area contributed by atoms with E-state index in [1.807, 2.05) is 30.3 Å². The van der Waals surface area contributed by atoms with Gasteiger partial charge in [0, 0.05) is 22.6 Å². The summed E-state index contributed by atoms with van der Waals surface area (Å²) in [5, 5.41) is 0. The summed E-state index contributed by atoms with van der Waals surface area (Å²) in [7, 11) is 0. The Morgan fingerprint density at radius 1 is 0.875 bits per heavy atom. The number of benzene rings is 1. The second-order valence-electron chi connectivity index (χ2n) is 7.21. The molecule has 1 aromatic rings. The quantitative estimate of drug-likeness (QED) is 0.581. The van der Waals surface area contributed by atoms with Crippen molar-refractivity contribution in [3.63, 3.8) is 0 Å². The lowest BCUT2D eigenvalue weighted by Crippen LogP contribution is -2.48. The van der Waals surface area contributed by atoms with Crippen molar-refractivity contribution >= 4 is 27.9 Å². The Morgan fingerprint density at radius 2 is 1.38 bits per heavy atom. The zero-order valence-electron chi connectivity index (χ0n) is 14.4. The summed E-state index contributed by atoms with van der Waals surface area (Å²) in [6.07, 6.45) is 16.3. The molecule has 2 aliphatic rings. The van der Waals surface area contributed by atoms with Gasteiger partial charge in [-0.05, 0) is 49.5 Å². The standard InChI is InChI=1S/C21H28BrNO/c22-18-14-11-17(12-15-18)13-16-21(24)23(19-7-3-1-4-8-19)20-9-5-2-6-10-20/h11-16,19-20H,1-10H2/b16-13+. The van der Waals surface area contributed by atoms with Gasteiger partial charge in [-0.25, -0.2) is 0 Å². The van der Waals surface area contributed by atoms with Gasteiger partial charge in [0.1, 0.15) is 0 Å². The highest BCUT2D eigenvalue weighted by Crippen LogP contribution is 2.30. The van der Waals surface area contributed by atoms with Gasteiger partial charge in [-0.2, -0.15) is 0 Å². The van der Waals surface area contributed by atoms with Crippen LogP contribution in [-0.4, -0.2) is 22.9 Å². The minimum Gasteiger partial charge on any atom is -0.333 e. The Bertz CT molecular complexity index is 536. The molecule has 0 aromatic heterocycles. The molecule has 1 amide bonds. The fraction of sp³-hybridized carbons (Fsp3) is 0.571. The van der Waals surface area contributed by atoms with Gasteiger partial charge < -0.3 is 4.90 Å². The van der Waals surface area contributed by atoms with Gasteiger partial charge in [-0.1, -0.05) is 66.6 Å². The second-order valence-corrected chi connectivity index (χ2v) is 8.13. The number of carbonyl (C=O) groups excluding carboxylic acids is 1. The van der Waals surface area contributed by atoms with E-state index >= 15 is 0 Å². The fourth-order valence-electron chi connectivity index (χ4n) is 4.20. The van der Waals surface area contributed by atoms with Crippen molar-refractivity contribution in [1.82, 2.24) is 4.90 Å². The van der Waals surface area contributed by atoms with E-state index in [1.54, 1.807) is 6.08 Å². The van der Waals surface area contributed by atoms with Crippen LogP contribution in [0.5, 0.6) is 0 Å². The van der Waals surface area contributed by atoms with E-state index in [2.05, 4.69) is 20.8 Å². The van der Waals surface area contributed by atoms with Crippen molar-refractivity contribution in [2.75, 3.05) is 0 Å². The highest BCUT2D eigenvalue weighted by Gasteiger charge is 2.31. The topological polar surface area (TPSA) is 20.3 Å². The van der Waals surface area contributed by atoms with Gasteiger partial charge >= 0.3 is 0 Å². The number of rotatable bonds is 4. The van der Waals surface area contributed by atoms with Gasteiger partial charge in [0.2, 0.25) is 5.91 Å². The number of hydrogen-bond acceptors (Lipinski definition) is 1. The summed E-state index contributed by atoms with van der Waals surface area (Å²) in [5.74, 6) is 0.219. The van der Waals surface area contributed by atoms with Crippen LogP contribution in [0.25, 0.3) is 6.08 Å². The number of nitrogens with zero attached hydrogens (tertiary/aromatic N) is 1. The monoisotopic (exact) mass is 389 g/mol. The molecule has 0 unspecified atom stereocenters. The average molecular weight is 390 g/mol.